The summed E-state index contributed by atoms with van der Waals surface area (Å²) in [4.78, 5) is 24.6. The molecule has 1 saturated heterocycles. The summed E-state index contributed by atoms with van der Waals surface area (Å²) in [5, 5.41) is 1.79. The number of imidazole rings is 1. The number of pyridine rings is 2. The predicted molar refractivity (Wildman–Crippen MR) is 163 cm³/mol. The van der Waals surface area contributed by atoms with Crippen LogP contribution in [0.5, 0.6) is 0 Å². The number of anilines is 1. The van der Waals surface area contributed by atoms with E-state index in [1.165, 1.54) is 25.8 Å². The van der Waals surface area contributed by atoms with Gasteiger partial charge in [0, 0.05) is 61.8 Å². The van der Waals surface area contributed by atoms with E-state index in [1.54, 1.807) is 25.4 Å². The normalized spacial score (nSPS) is 14.8. The standard InChI is InChI=1S/C31H27FN6O3S/c1-35-29-19-34-27-9-7-20(22-15-21-5-3-4-6-26(21)33-18-22)16-24(27)30(29)38(31(35)39)23-8-10-28(25(32)17-23)36-11-13-37(14-12-36)42(2,40)41/h3-10,15-19H,11-14H2,1-2H3. The molecule has 1 aliphatic rings. The van der Waals surface area contributed by atoms with E-state index >= 15 is 4.39 Å². The Bertz CT molecular complexity index is 2200. The number of para-hydroxylation sites is 1. The summed E-state index contributed by atoms with van der Waals surface area (Å²) in [5.41, 5.74) is 5.19. The first-order valence-electron chi connectivity index (χ1n) is 13.5. The van der Waals surface area contributed by atoms with Gasteiger partial charge < -0.3 is 4.90 Å². The molecule has 0 atom stereocenters. The first-order valence-corrected chi connectivity index (χ1v) is 15.4. The minimum atomic E-state index is -3.29. The molecule has 9 nitrogen and oxygen atoms in total. The van der Waals surface area contributed by atoms with Gasteiger partial charge in [-0.1, -0.05) is 24.3 Å². The van der Waals surface area contributed by atoms with Crippen LogP contribution in [-0.4, -0.2) is 64.3 Å². The quantitative estimate of drug-likeness (QED) is 0.308. The fourth-order valence-corrected chi connectivity index (χ4v) is 6.62. The van der Waals surface area contributed by atoms with Gasteiger partial charge in [-0.2, -0.15) is 4.31 Å². The molecule has 0 aliphatic carbocycles. The number of sulfonamides is 1. The van der Waals surface area contributed by atoms with Crippen molar-refractivity contribution < 1.29 is 12.8 Å². The number of hydrogen-bond donors (Lipinski definition) is 0. The number of hydrogen-bond acceptors (Lipinski definition) is 6. The van der Waals surface area contributed by atoms with Crippen LogP contribution in [0.2, 0.25) is 0 Å². The molecule has 11 heteroatoms. The topological polar surface area (TPSA) is 93.3 Å². The molecule has 0 amide bonds. The Morgan fingerprint density at radius 2 is 1.60 bits per heavy atom. The molecule has 0 radical (unpaired) electrons. The zero-order valence-electron chi connectivity index (χ0n) is 23.0. The van der Waals surface area contributed by atoms with Gasteiger partial charge in [-0.25, -0.2) is 17.6 Å². The van der Waals surface area contributed by atoms with Crippen molar-refractivity contribution in [2.45, 2.75) is 0 Å². The largest absolute Gasteiger partial charge is 0.367 e. The number of benzene rings is 3. The van der Waals surface area contributed by atoms with E-state index in [-0.39, 0.29) is 18.8 Å². The van der Waals surface area contributed by atoms with Crippen molar-refractivity contribution >= 4 is 48.5 Å². The third-order valence-electron chi connectivity index (χ3n) is 8.05. The first kappa shape index (κ1) is 26.3. The van der Waals surface area contributed by atoms with Gasteiger partial charge in [0.25, 0.3) is 0 Å². The Kier molecular flexibility index (Phi) is 6.10. The fraction of sp³-hybridized carbons (Fsp3) is 0.194. The second-order valence-electron chi connectivity index (χ2n) is 10.6. The Hall–Kier alpha value is -4.61. The molecule has 7 rings (SSSR count). The van der Waals surface area contributed by atoms with Gasteiger partial charge in [-0.05, 0) is 42.0 Å². The summed E-state index contributed by atoms with van der Waals surface area (Å²) in [7, 11) is -1.61. The number of piperazine rings is 1. The lowest BCUT2D eigenvalue weighted by atomic mass is 10.0. The fourth-order valence-electron chi connectivity index (χ4n) is 5.80. The SMILES string of the molecule is Cn1c(=O)n(-c2ccc(N3CCN(S(C)(=O)=O)CC3)c(F)c2)c2c3cc(-c4cnc5ccccc5c4)ccc3ncc21. The van der Waals surface area contributed by atoms with Crippen molar-refractivity contribution in [2.75, 3.05) is 37.3 Å². The van der Waals surface area contributed by atoms with E-state index in [9.17, 15) is 13.2 Å². The van der Waals surface area contributed by atoms with E-state index in [2.05, 4.69) is 16.0 Å². The van der Waals surface area contributed by atoms with Crippen molar-refractivity contribution in [1.82, 2.24) is 23.4 Å². The van der Waals surface area contributed by atoms with Gasteiger partial charge in [0.1, 0.15) is 5.82 Å². The Morgan fingerprint density at radius 1 is 0.833 bits per heavy atom. The van der Waals surface area contributed by atoms with Crippen molar-refractivity contribution in [3.63, 3.8) is 0 Å². The van der Waals surface area contributed by atoms with Crippen LogP contribution in [0.4, 0.5) is 10.1 Å². The van der Waals surface area contributed by atoms with Crippen LogP contribution in [-0.2, 0) is 17.1 Å². The minimum Gasteiger partial charge on any atom is -0.367 e. The summed E-state index contributed by atoms with van der Waals surface area (Å²) in [6.07, 6.45) is 4.68. The van der Waals surface area contributed by atoms with E-state index in [0.717, 1.165) is 27.4 Å². The highest BCUT2D eigenvalue weighted by molar-refractivity contribution is 7.88. The highest BCUT2D eigenvalue weighted by atomic mass is 32.2. The first-order chi connectivity index (χ1) is 20.2. The zero-order chi connectivity index (χ0) is 29.2. The van der Waals surface area contributed by atoms with Crippen molar-refractivity contribution in [3.8, 4) is 16.8 Å². The number of aryl methyl sites for hydroxylation is 1. The average Bonchev–Trinajstić information content (AvgIpc) is 3.26. The second-order valence-corrected chi connectivity index (χ2v) is 12.6. The van der Waals surface area contributed by atoms with Crippen molar-refractivity contribution in [1.29, 1.82) is 0 Å². The number of rotatable bonds is 4. The lowest BCUT2D eigenvalue weighted by Gasteiger charge is -2.34. The molecular formula is C31H27FN6O3S. The van der Waals surface area contributed by atoms with Crippen molar-refractivity contribution in [3.05, 3.63) is 95.4 Å². The molecule has 0 saturated carbocycles. The van der Waals surface area contributed by atoms with Crippen molar-refractivity contribution in [2.24, 2.45) is 7.05 Å². The van der Waals surface area contributed by atoms with E-state index < -0.39 is 15.8 Å². The number of aromatic nitrogens is 4. The minimum absolute atomic E-state index is 0.289. The monoisotopic (exact) mass is 582 g/mol. The van der Waals surface area contributed by atoms with Crippen LogP contribution in [0.25, 0.3) is 49.7 Å². The maximum Gasteiger partial charge on any atom is 0.333 e. The van der Waals surface area contributed by atoms with Crippen LogP contribution in [0.1, 0.15) is 0 Å². The molecule has 42 heavy (non-hydrogen) atoms. The molecular weight excluding hydrogens is 555 g/mol. The third kappa shape index (κ3) is 4.32. The van der Waals surface area contributed by atoms with Gasteiger partial charge in [0.2, 0.25) is 10.0 Å². The highest BCUT2D eigenvalue weighted by Gasteiger charge is 2.25. The summed E-state index contributed by atoms with van der Waals surface area (Å²) in [6, 6.07) is 20.6. The Balaban J connectivity index is 1.33. The molecule has 0 spiro atoms. The number of nitrogens with zero attached hydrogens (tertiary/aromatic N) is 6. The summed E-state index contributed by atoms with van der Waals surface area (Å²) >= 11 is 0. The third-order valence-corrected chi connectivity index (χ3v) is 9.35. The van der Waals surface area contributed by atoms with E-state index in [0.29, 0.717) is 41.0 Å². The smallest absolute Gasteiger partial charge is 0.333 e. The molecule has 1 aliphatic heterocycles. The average molecular weight is 583 g/mol. The molecule has 0 bridgehead atoms. The van der Waals surface area contributed by atoms with Gasteiger partial charge in [-0.15, -0.1) is 0 Å². The molecule has 3 aromatic heterocycles. The van der Waals surface area contributed by atoms with Crippen LogP contribution < -0.4 is 10.6 Å². The van der Waals surface area contributed by atoms with Crippen LogP contribution in [0, 0.1) is 5.82 Å². The second kappa shape index (κ2) is 9.74. The zero-order valence-corrected chi connectivity index (χ0v) is 23.8. The Labute approximate surface area is 241 Å². The summed E-state index contributed by atoms with van der Waals surface area (Å²) in [6.45, 7) is 1.33. The number of halogens is 1. The van der Waals surface area contributed by atoms with Crippen LogP contribution in [0.15, 0.2) is 83.9 Å². The highest BCUT2D eigenvalue weighted by Crippen LogP contribution is 2.32. The molecule has 3 aromatic carbocycles. The number of fused-ring (bicyclic) bond motifs is 4. The maximum absolute atomic E-state index is 15.6. The van der Waals surface area contributed by atoms with Gasteiger partial charge in [-0.3, -0.25) is 19.1 Å². The van der Waals surface area contributed by atoms with Gasteiger partial charge >= 0.3 is 5.69 Å². The van der Waals surface area contributed by atoms with Gasteiger partial charge in [0.05, 0.1) is 45.9 Å². The van der Waals surface area contributed by atoms with E-state index in [1.807, 2.05) is 53.6 Å². The maximum atomic E-state index is 15.6. The van der Waals surface area contributed by atoms with Crippen LogP contribution in [0.3, 0.4) is 0 Å². The lowest BCUT2D eigenvalue weighted by molar-refractivity contribution is 0.386. The van der Waals surface area contributed by atoms with Crippen LogP contribution >= 0.6 is 0 Å². The van der Waals surface area contributed by atoms with E-state index in [4.69, 9.17) is 0 Å². The Morgan fingerprint density at radius 3 is 2.36 bits per heavy atom. The summed E-state index contributed by atoms with van der Waals surface area (Å²) in [5.74, 6) is -0.481. The molecule has 6 aromatic rings. The predicted octanol–water partition coefficient (Wildman–Crippen LogP) is 4.31. The molecule has 1 fully saturated rings. The summed E-state index contributed by atoms with van der Waals surface area (Å²) < 4.78 is 43.8. The molecule has 0 unspecified atom stereocenters. The molecule has 4 heterocycles. The lowest BCUT2D eigenvalue weighted by Crippen LogP contribution is -2.48. The van der Waals surface area contributed by atoms with Gasteiger partial charge in [0.15, 0.2) is 0 Å². The molecule has 0 N–H and O–H groups in total. The molecule has 212 valence electrons.